The second kappa shape index (κ2) is 5.99. The molecule has 0 unspecified atom stereocenters. The van der Waals surface area contributed by atoms with Gasteiger partial charge in [-0.2, -0.15) is 0 Å². The molecule has 0 radical (unpaired) electrons. The van der Waals surface area contributed by atoms with E-state index in [1.54, 1.807) is 12.1 Å². The number of benzene rings is 1. The minimum absolute atomic E-state index is 0. The summed E-state index contributed by atoms with van der Waals surface area (Å²) >= 11 is 0. The third-order valence-corrected chi connectivity index (χ3v) is 3.08. The van der Waals surface area contributed by atoms with Gasteiger partial charge in [-0.05, 0) is 29.0 Å². The van der Waals surface area contributed by atoms with E-state index in [2.05, 4.69) is 0 Å². The molecule has 0 aliphatic carbocycles. The first-order valence-electron chi connectivity index (χ1n) is 3.30. The maximum Gasteiger partial charge on any atom is 1.00 e. The van der Waals surface area contributed by atoms with E-state index in [9.17, 15) is 13.0 Å². The molecule has 14 heavy (non-hydrogen) atoms. The van der Waals surface area contributed by atoms with Gasteiger partial charge in [-0.3, -0.25) is 0 Å². The van der Waals surface area contributed by atoms with Crippen LogP contribution in [0.1, 0.15) is 0 Å². The molecule has 1 aromatic carbocycles. The molecule has 0 saturated carbocycles. The summed E-state index contributed by atoms with van der Waals surface area (Å²) < 4.78 is 36.0. The first-order chi connectivity index (χ1) is 6.01. The smallest absolute Gasteiger partial charge is 0.739 e. The fraction of sp³-hybridized carbons (Fsp3) is 0.143. The van der Waals surface area contributed by atoms with Gasteiger partial charge in [-0.1, -0.05) is 6.07 Å². The Kier molecular flexibility index (Phi) is 6.11. The van der Waals surface area contributed by atoms with Crippen LogP contribution in [0, 0.1) is 0 Å². The van der Waals surface area contributed by atoms with E-state index in [-0.39, 0.29) is 40.4 Å². The van der Waals surface area contributed by atoms with Gasteiger partial charge >= 0.3 is 29.6 Å². The molecule has 0 atom stereocenters. The summed E-state index contributed by atoms with van der Waals surface area (Å²) in [7, 11) is -2.56. The molecule has 0 aromatic heterocycles. The summed E-state index contributed by atoms with van der Waals surface area (Å²) in [4.78, 5) is 0.356. The van der Waals surface area contributed by atoms with Gasteiger partial charge < -0.3 is 9.29 Å². The van der Waals surface area contributed by atoms with E-state index in [1.165, 1.54) is 19.2 Å². The van der Waals surface area contributed by atoms with Crippen molar-refractivity contribution in [1.29, 1.82) is 0 Å². The Morgan fingerprint density at radius 1 is 1.43 bits per heavy atom. The van der Waals surface area contributed by atoms with Crippen LogP contribution in [0.3, 0.4) is 0 Å². The van der Waals surface area contributed by atoms with Crippen LogP contribution in [-0.2, 0) is 9.15 Å². The Morgan fingerprint density at radius 3 is 2.57 bits per heavy atom. The molecule has 0 saturated heterocycles. The van der Waals surface area contributed by atoms with Crippen molar-refractivity contribution in [3.63, 3.8) is 0 Å². The molecule has 1 aromatic rings. The summed E-state index contributed by atoms with van der Waals surface area (Å²) in [5.74, 6) is 0.522. The average Bonchev–Trinajstić information content (AvgIpc) is 2.01. The molecular formula is C7H7NaO4S2. The Morgan fingerprint density at radius 2 is 2.07 bits per heavy atom. The summed E-state index contributed by atoms with van der Waals surface area (Å²) in [6.45, 7) is 0. The molecule has 4 nitrogen and oxygen atoms in total. The molecule has 0 aliphatic rings. The van der Waals surface area contributed by atoms with Crippen LogP contribution in [0.2, 0.25) is 0 Å². The molecule has 0 amide bonds. The zero-order valence-corrected chi connectivity index (χ0v) is 11.4. The molecule has 0 bridgehead atoms. The predicted octanol–water partition coefficient (Wildman–Crippen LogP) is -1.75. The Hall–Kier alpha value is 0.280. The number of hydrogen-bond acceptors (Lipinski definition) is 5. The van der Waals surface area contributed by atoms with Gasteiger partial charge in [0, 0.05) is 4.90 Å². The van der Waals surface area contributed by atoms with Crippen LogP contribution in [0.5, 0.6) is 5.75 Å². The first kappa shape index (κ1) is 14.3. The maximum atomic E-state index is 10.4. The van der Waals surface area contributed by atoms with Crippen molar-refractivity contribution in [2.24, 2.45) is 0 Å². The zero-order valence-electron chi connectivity index (χ0n) is 7.76. The van der Waals surface area contributed by atoms with Gasteiger partial charge in [-0.15, -0.1) is 0 Å². The molecule has 72 valence electrons. The van der Waals surface area contributed by atoms with Gasteiger partial charge in [0.05, 0.1) is 7.11 Å². The van der Waals surface area contributed by atoms with E-state index in [1.807, 2.05) is 0 Å². The van der Waals surface area contributed by atoms with Crippen molar-refractivity contribution in [3.05, 3.63) is 24.3 Å². The van der Waals surface area contributed by atoms with Crippen LogP contribution >= 0.6 is 10.8 Å². The molecular weight excluding hydrogens is 235 g/mol. The van der Waals surface area contributed by atoms with Crippen molar-refractivity contribution in [2.45, 2.75) is 4.90 Å². The third kappa shape index (κ3) is 5.23. The van der Waals surface area contributed by atoms with Crippen LogP contribution < -0.4 is 34.3 Å². The van der Waals surface area contributed by atoms with Crippen molar-refractivity contribution in [3.8, 4) is 5.75 Å². The van der Waals surface area contributed by atoms with Crippen molar-refractivity contribution >= 4 is 19.9 Å². The zero-order chi connectivity index (χ0) is 9.90. The van der Waals surface area contributed by atoms with E-state index >= 15 is 0 Å². The van der Waals surface area contributed by atoms with Gasteiger partial charge in [0.2, 0.25) is 0 Å². The minimum atomic E-state index is -4.29. The van der Waals surface area contributed by atoms with Gasteiger partial charge in [0.15, 0.2) is 9.15 Å². The third-order valence-electron chi connectivity index (χ3n) is 1.24. The standard InChI is InChI=1S/C7H8O4S2.Na/c1-11-6-3-2-4-7(5-6)12-13(8,9)10;/h2-5H,1H3,(H,8,9,10);/q;+1/p-1. The quantitative estimate of drug-likeness (QED) is 0.357. The predicted molar refractivity (Wildman–Crippen MR) is 48.5 cm³/mol. The second-order valence-corrected chi connectivity index (χ2v) is 5.35. The van der Waals surface area contributed by atoms with Crippen LogP contribution in [-0.4, -0.2) is 20.1 Å². The van der Waals surface area contributed by atoms with Crippen LogP contribution in [0.25, 0.3) is 0 Å². The number of rotatable bonds is 3. The summed E-state index contributed by atoms with van der Waals surface area (Å²) in [5.41, 5.74) is 0. The fourth-order valence-electron chi connectivity index (χ4n) is 0.771. The summed E-state index contributed by atoms with van der Waals surface area (Å²) in [5, 5.41) is 0. The monoisotopic (exact) mass is 242 g/mol. The maximum absolute atomic E-state index is 10.4. The van der Waals surface area contributed by atoms with Gasteiger partial charge in [0.25, 0.3) is 0 Å². The number of hydrogen-bond donors (Lipinski definition) is 0. The second-order valence-electron chi connectivity index (χ2n) is 2.17. The molecule has 1 rings (SSSR count). The van der Waals surface area contributed by atoms with Crippen molar-refractivity contribution in [1.82, 2.24) is 0 Å². The van der Waals surface area contributed by atoms with E-state index in [0.29, 0.717) is 10.6 Å². The number of ether oxygens (including phenoxy) is 1. The Labute approximate surface area is 108 Å². The average molecular weight is 242 g/mol. The van der Waals surface area contributed by atoms with Gasteiger partial charge in [-0.25, -0.2) is 8.42 Å². The van der Waals surface area contributed by atoms with Crippen LogP contribution in [0.15, 0.2) is 29.2 Å². The molecule has 0 N–H and O–H groups in total. The normalized spacial score (nSPS) is 10.4. The van der Waals surface area contributed by atoms with E-state index in [0.717, 1.165) is 0 Å². The first-order valence-corrected chi connectivity index (χ1v) is 6.05. The number of methoxy groups -OCH3 is 1. The van der Waals surface area contributed by atoms with E-state index < -0.39 is 9.15 Å². The molecule has 0 aliphatic heterocycles. The topological polar surface area (TPSA) is 66.4 Å². The van der Waals surface area contributed by atoms with E-state index in [4.69, 9.17) is 4.74 Å². The molecule has 0 fully saturated rings. The SMILES string of the molecule is COc1cccc(SS(=O)(=O)[O-])c1.[Na+]. The van der Waals surface area contributed by atoms with Gasteiger partial charge in [0.1, 0.15) is 5.75 Å². The summed E-state index contributed by atoms with van der Waals surface area (Å²) in [6, 6.07) is 6.30. The Balaban J connectivity index is 0.00000169. The fourth-order valence-corrected chi connectivity index (χ4v) is 2.32. The Bertz CT molecular complexity index is 390. The minimum Gasteiger partial charge on any atom is -0.739 e. The molecule has 0 spiro atoms. The van der Waals surface area contributed by atoms with Crippen LogP contribution in [0.4, 0.5) is 0 Å². The molecule has 0 heterocycles. The van der Waals surface area contributed by atoms with Crippen molar-refractivity contribution < 1.29 is 47.3 Å². The largest absolute Gasteiger partial charge is 1.00 e. The van der Waals surface area contributed by atoms with Crippen molar-refractivity contribution in [2.75, 3.05) is 7.11 Å². The molecule has 7 heteroatoms. The summed E-state index contributed by atoms with van der Waals surface area (Å²) in [6.07, 6.45) is 0.